The summed E-state index contributed by atoms with van der Waals surface area (Å²) in [4.78, 5) is 16.3. The van der Waals surface area contributed by atoms with E-state index in [1.165, 1.54) is 5.69 Å². The van der Waals surface area contributed by atoms with E-state index in [1.54, 1.807) is 14.2 Å². The highest BCUT2D eigenvalue weighted by Gasteiger charge is 2.43. The molecule has 0 aliphatic carbocycles. The van der Waals surface area contributed by atoms with Gasteiger partial charge in [0.2, 0.25) is 5.82 Å². The highest BCUT2D eigenvalue weighted by atomic mass is 35.5. The molecule has 2 aromatic heterocycles. The summed E-state index contributed by atoms with van der Waals surface area (Å²) in [5, 5.41) is 4.26. The molecule has 2 saturated heterocycles. The number of anilines is 2. The lowest BCUT2D eigenvalue weighted by atomic mass is 9.83. The second kappa shape index (κ2) is 10.3. The quantitative estimate of drug-likeness (QED) is 0.521. The molecule has 4 heterocycles. The van der Waals surface area contributed by atoms with Gasteiger partial charge in [-0.3, -0.25) is 9.88 Å². The number of ether oxygens (including phenoxy) is 2. The lowest BCUT2D eigenvalue weighted by Crippen LogP contribution is -2.64. The molecule has 2 aliphatic heterocycles. The van der Waals surface area contributed by atoms with Gasteiger partial charge in [0.25, 0.3) is 0 Å². The van der Waals surface area contributed by atoms with E-state index in [0.29, 0.717) is 23.3 Å². The van der Waals surface area contributed by atoms with Crippen molar-refractivity contribution in [3.8, 4) is 22.9 Å². The summed E-state index contributed by atoms with van der Waals surface area (Å²) in [6.07, 6.45) is 4.06. The third-order valence-corrected chi connectivity index (χ3v) is 7.24. The molecular weight excluding hydrogens is 468 g/mol. The van der Waals surface area contributed by atoms with Crippen LogP contribution in [0.15, 0.2) is 41.1 Å². The first-order chi connectivity index (χ1) is 16.5. The number of hydrogen-bond donors (Lipinski definition) is 0. The zero-order valence-electron chi connectivity index (χ0n) is 20.7. The van der Waals surface area contributed by atoms with Crippen molar-refractivity contribution >= 4 is 24.1 Å². The van der Waals surface area contributed by atoms with E-state index >= 15 is 0 Å². The molecule has 0 bridgehead atoms. The first kappa shape index (κ1) is 25.1. The molecule has 1 spiro atoms. The number of aryl methyl sites for hydroxylation is 1. The molecule has 0 atom stereocenters. The second-order valence-electron chi connectivity index (χ2n) is 9.21. The van der Waals surface area contributed by atoms with Gasteiger partial charge in [0.05, 0.1) is 14.2 Å². The maximum absolute atomic E-state index is 5.73. The van der Waals surface area contributed by atoms with Gasteiger partial charge < -0.3 is 23.8 Å². The number of methoxy groups -OCH3 is 2. The van der Waals surface area contributed by atoms with Crippen molar-refractivity contribution in [2.45, 2.75) is 25.3 Å². The molecule has 1 aromatic carbocycles. The Morgan fingerprint density at radius 2 is 1.66 bits per heavy atom. The molecular formula is C25H33ClN6O3. The van der Waals surface area contributed by atoms with Crippen LogP contribution in [0.3, 0.4) is 0 Å². The smallest absolute Gasteiger partial charge is 0.324 e. The number of piperazine rings is 1. The minimum Gasteiger partial charge on any atom is -0.497 e. The molecule has 3 aromatic rings. The van der Waals surface area contributed by atoms with Crippen LogP contribution in [-0.2, 0) is 0 Å². The number of aromatic nitrogens is 3. The average molecular weight is 501 g/mol. The Kier molecular flexibility index (Phi) is 7.37. The summed E-state index contributed by atoms with van der Waals surface area (Å²) in [6, 6.07) is 10.4. The number of hydrogen-bond acceptors (Lipinski definition) is 9. The predicted octanol–water partition coefficient (Wildman–Crippen LogP) is 3.67. The van der Waals surface area contributed by atoms with Crippen molar-refractivity contribution in [2.75, 3.05) is 63.8 Å². The Labute approximate surface area is 212 Å². The Morgan fingerprint density at radius 3 is 2.31 bits per heavy atom. The van der Waals surface area contributed by atoms with Crippen molar-refractivity contribution in [2.24, 2.45) is 0 Å². The molecule has 2 aliphatic rings. The van der Waals surface area contributed by atoms with E-state index < -0.39 is 0 Å². The van der Waals surface area contributed by atoms with E-state index in [2.05, 4.69) is 44.0 Å². The van der Waals surface area contributed by atoms with Gasteiger partial charge in [0.15, 0.2) is 0 Å². The number of benzene rings is 1. The molecule has 0 unspecified atom stereocenters. The summed E-state index contributed by atoms with van der Waals surface area (Å²) in [5.41, 5.74) is 3.20. The molecule has 10 heteroatoms. The molecule has 35 heavy (non-hydrogen) atoms. The van der Waals surface area contributed by atoms with Crippen LogP contribution < -0.4 is 19.3 Å². The number of likely N-dealkylation sites (N-methyl/N-ethyl adjacent to an activating group) is 1. The third kappa shape index (κ3) is 5.01. The minimum atomic E-state index is 0. The van der Waals surface area contributed by atoms with Gasteiger partial charge >= 0.3 is 6.01 Å². The van der Waals surface area contributed by atoms with Crippen LogP contribution in [0.25, 0.3) is 11.4 Å². The number of pyridine rings is 1. The Bertz CT molecular complexity index is 1130. The van der Waals surface area contributed by atoms with E-state index in [1.807, 2.05) is 31.3 Å². The van der Waals surface area contributed by atoms with Crippen molar-refractivity contribution < 1.29 is 14.0 Å². The van der Waals surface area contributed by atoms with Gasteiger partial charge in [-0.25, -0.2) is 0 Å². The zero-order chi connectivity index (χ0) is 23.7. The first-order valence-electron chi connectivity index (χ1n) is 11.7. The fourth-order valence-electron chi connectivity index (χ4n) is 5.07. The largest absolute Gasteiger partial charge is 0.497 e. The van der Waals surface area contributed by atoms with Crippen LogP contribution in [0, 0.1) is 6.92 Å². The topological polar surface area (TPSA) is 80.0 Å². The van der Waals surface area contributed by atoms with E-state index in [9.17, 15) is 0 Å². The van der Waals surface area contributed by atoms with Gasteiger partial charge in [0, 0.05) is 67.5 Å². The van der Waals surface area contributed by atoms with Gasteiger partial charge in [-0.15, -0.1) is 12.4 Å². The SMILES string of the molecule is COc1cc(OC)cc(-c2noc(N3CCN(C)C4(CCN(c5ccnc(C)c5)CC4)C3)n2)c1.Cl. The Morgan fingerprint density at radius 1 is 0.943 bits per heavy atom. The summed E-state index contributed by atoms with van der Waals surface area (Å²) < 4.78 is 16.5. The van der Waals surface area contributed by atoms with Crippen LogP contribution >= 0.6 is 12.4 Å². The van der Waals surface area contributed by atoms with Gasteiger partial charge in [0.1, 0.15) is 11.5 Å². The second-order valence-corrected chi connectivity index (χ2v) is 9.21. The number of halogens is 1. The van der Waals surface area contributed by atoms with Crippen LogP contribution in [0.1, 0.15) is 18.5 Å². The third-order valence-electron chi connectivity index (χ3n) is 7.24. The number of nitrogens with zero attached hydrogens (tertiary/aromatic N) is 6. The van der Waals surface area contributed by atoms with Crippen molar-refractivity contribution in [1.29, 1.82) is 0 Å². The van der Waals surface area contributed by atoms with Crippen LogP contribution in [0.5, 0.6) is 11.5 Å². The summed E-state index contributed by atoms with van der Waals surface area (Å²) in [7, 11) is 5.50. The monoisotopic (exact) mass is 500 g/mol. The average Bonchev–Trinajstić information content (AvgIpc) is 3.36. The molecule has 2 fully saturated rings. The molecule has 0 amide bonds. The molecule has 9 nitrogen and oxygen atoms in total. The number of piperidine rings is 1. The Balaban J connectivity index is 0.00000289. The number of rotatable bonds is 5. The van der Waals surface area contributed by atoms with E-state index in [0.717, 1.165) is 56.8 Å². The maximum atomic E-state index is 5.73. The van der Waals surface area contributed by atoms with Gasteiger partial charge in [-0.2, -0.15) is 4.98 Å². The van der Waals surface area contributed by atoms with Gasteiger partial charge in [-0.1, -0.05) is 5.16 Å². The van der Waals surface area contributed by atoms with Crippen LogP contribution in [0.4, 0.5) is 11.7 Å². The lowest BCUT2D eigenvalue weighted by Gasteiger charge is -2.53. The lowest BCUT2D eigenvalue weighted by molar-refractivity contribution is 0.0736. The summed E-state index contributed by atoms with van der Waals surface area (Å²) in [6.45, 7) is 6.76. The summed E-state index contributed by atoms with van der Waals surface area (Å²) >= 11 is 0. The molecule has 0 saturated carbocycles. The zero-order valence-corrected chi connectivity index (χ0v) is 21.5. The summed E-state index contributed by atoms with van der Waals surface area (Å²) in [5.74, 6) is 1.91. The maximum Gasteiger partial charge on any atom is 0.324 e. The minimum absolute atomic E-state index is 0. The first-order valence-corrected chi connectivity index (χ1v) is 11.7. The molecule has 188 valence electrons. The fourth-order valence-corrected chi connectivity index (χ4v) is 5.07. The Hall–Kier alpha value is -3.04. The van der Waals surface area contributed by atoms with Crippen molar-refractivity contribution in [3.63, 3.8) is 0 Å². The molecule has 0 N–H and O–H groups in total. The van der Waals surface area contributed by atoms with Gasteiger partial charge in [-0.05, 0) is 51.1 Å². The van der Waals surface area contributed by atoms with Crippen molar-refractivity contribution in [1.82, 2.24) is 20.0 Å². The molecule has 0 radical (unpaired) electrons. The highest BCUT2D eigenvalue weighted by molar-refractivity contribution is 5.85. The predicted molar refractivity (Wildman–Crippen MR) is 138 cm³/mol. The standard InChI is InChI=1S/C25H32N6O3.ClH/c1-18-13-20(5-8-26-18)30-9-6-25(7-10-30)17-31(12-11-29(25)2)24-27-23(28-34-24)19-14-21(32-3)16-22(15-19)33-4;/h5,8,13-16H,6-7,9-12,17H2,1-4H3;1H. The van der Waals surface area contributed by atoms with Crippen LogP contribution in [-0.4, -0.2) is 79.6 Å². The van der Waals surface area contributed by atoms with E-state index in [-0.39, 0.29) is 17.9 Å². The highest BCUT2D eigenvalue weighted by Crippen LogP contribution is 2.35. The normalized spacial score (nSPS) is 17.8. The molecule has 5 rings (SSSR count). The van der Waals surface area contributed by atoms with Crippen molar-refractivity contribution in [3.05, 3.63) is 42.2 Å². The van der Waals surface area contributed by atoms with Crippen LogP contribution in [0.2, 0.25) is 0 Å². The van der Waals surface area contributed by atoms with E-state index in [4.69, 9.17) is 19.0 Å². The fraction of sp³-hybridized carbons (Fsp3) is 0.480.